The minimum Gasteiger partial charge on any atom is -0.264 e. The smallest absolute Gasteiger partial charge is 0.0957 e. The van der Waals surface area contributed by atoms with Crippen molar-refractivity contribution < 1.29 is 10.4 Å². The molecule has 4 heteroatoms. The molecule has 0 saturated carbocycles. The van der Waals surface area contributed by atoms with E-state index in [0.29, 0.717) is 5.02 Å². The first-order chi connectivity index (χ1) is 6.32. The molecule has 0 atom stereocenters. The van der Waals surface area contributed by atoms with Gasteiger partial charge in [0.15, 0.2) is 0 Å². The fourth-order valence-corrected chi connectivity index (χ4v) is 1.69. The largest absolute Gasteiger partial charge is 0.264 e. The summed E-state index contributed by atoms with van der Waals surface area (Å²) >= 11 is 6.01. The van der Waals surface area contributed by atoms with Crippen LogP contribution in [0.25, 0.3) is 0 Å². The van der Waals surface area contributed by atoms with Crippen molar-refractivity contribution in [3.63, 3.8) is 0 Å². The zero-order valence-corrected chi connectivity index (χ0v) is 9.21. The van der Waals surface area contributed by atoms with Gasteiger partial charge in [-0.25, -0.2) is 0 Å². The van der Waals surface area contributed by atoms with Gasteiger partial charge in [0.2, 0.25) is 0 Å². The van der Waals surface area contributed by atoms with Gasteiger partial charge in [-0.3, -0.25) is 10.4 Å². The monoisotopic (exact) mass is 215 g/mol. The quantitative estimate of drug-likeness (QED) is 0.707. The Labute approximate surface area is 88.5 Å². The second-order valence-corrected chi connectivity index (χ2v) is 4.61. The van der Waals surface area contributed by atoms with E-state index < -0.39 is 0 Å². The Kier molecular flexibility index (Phi) is 3.04. The van der Waals surface area contributed by atoms with Crippen molar-refractivity contribution in [2.45, 2.75) is 26.2 Å². The Morgan fingerprint density at radius 2 is 1.79 bits per heavy atom. The molecular formula is C10H14ClNO2. The first-order valence-corrected chi connectivity index (χ1v) is 4.68. The van der Waals surface area contributed by atoms with Gasteiger partial charge in [0.1, 0.15) is 0 Å². The maximum atomic E-state index is 8.77. The molecule has 0 fully saturated rings. The lowest BCUT2D eigenvalue weighted by Crippen LogP contribution is -2.14. The maximum absolute atomic E-state index is 8.77. The van der Waals surface area contributed by atoms with E-state index in [1.807, 2.05) is 20.8 Å². The summed E-state index contributed by atoms with van der Waals surface area (Å²) in [5, 5.41) is 18.1. The molecule has 0 aliphatic heterocycles. The van der Waals surface area contributed by atoms with Gasteiger partial charge >= 0.3 is 0 Å². The van der Waals surface area contributed by atoms with E-state index in [4.69, 9.17) is 22.0 Å². The van der Waals surface area contributed by atoms with Crippen LogP contribution < -0.4 is 5.23 Å². The summed E-state index contributed by atoms with van der Waals surface area (Å²) in [5.74, 6) is 0. The number of halogens is 1. The highest BCUT2D eigenvalue weighted by molar-refractivity contribution is 6.31. The Morgan fingerprint density at radius 3 is 2.14 bits per heavy atom. The van der Waals surface area contributed by atoms with Crippen molar-refractivity contribution in [3.05, 3.63) is 28.8 Å². The lowest BCUT2D eigenvalue weighted by atomic mass is 9.87. The number of hydrogen-bond donors (Lipinski definition) is 2. The van der Waals surface area contributed by atoms with E-state index in [1.54, 1.807) is 12.1 Å². The van der Waals surface area contributed by atoms with Crippen molar-refractivity contribution in [2.24, 2.45) is 0 Å². The molecule has 0 radical (unpaired) electrons. The molecule has 0 aliphatic carbocycles. The van der Waals surface area contributed by atoms with Gasteiger partial charge in [0, 0.05) is 5.02 Å². The third-order valence-electron chi connectivity index (χ3n) is 1.99. The molecule has 14 heavy (non-hydrogen) atoms. The first-order valence-electron chi connectivity index (χ1n) is 4.30. The molecule has 1 aromatic carbocycles. The second-order valence-electron chi connectivity index (χ2n) is 4.20. The van der Waals surface area contributed by atoms with Gasteiger partial charge in [-0.2, -0.15) is 0 Å². The maximum Gasteiger partial charge on any atom is 0.0957 e. The van der Waals surface area contributed by atoms with Crippen LogP contribution in [-0.2, 0) is 5.41 Å². The third kappa shape index (κ3) is 2.38. The van der Waals surface area contributed by atoms with Crippen molar-refractivity contribution in [1.82, 2.24) is 0 Å². The normalized spacial score (nSPS) is 11.6. The van der Waals surface area contributed by atoms with E-state index in [0.717, 1.165) is 5.56 Å². The highest BCUT2D eigenvalue weighted by Gasteiger charge is 2.17. The predicted molar refractivity (Wildman–Crippen MR) is 56.2 cm³/mol. The van der Waals surface area contributed by atoms with Crippen LogP contribution in [0.15, 0.2) is 18.2 Å². The Balaban J connectivity index is 3.15. The van der Waals surface area contributed by atoms with Crippen molar-refractivity contribution in [2.75, 3.05) is 5.23 Å². The van der Waals surface area contributed by atoms with Gasteiger partial charge in [-0.05, 0) is 23.1 Å². The minimum absolute atomic E-state index is 0.0502. The molecule has 0 bridgehead atoms. The topological polar surface area (TPSA) is 43.7 Å². The van der Waals surface area contributed by atoms with Crippen LogP contribution in [0.1, 0.15) is 26.3 Å². The van der Waals surface area contributed by atoms with Gasteiger partial charge in [0.25, 0.3) is 0 Å². The Bertz CT molecular complexity index is 331. The summed E-state index contributed by atoms with van der Waals surface area (Å²) in [6.07, 6.45) is 0. The van der Waals surface area contributed by atoms with Crippen LogP contribution in [-0.4, -0.2) is 10.4 Å². The molecule has 2 N–H and O–H groups in total. The van der Waals surface area contributed by atoms with Gasteiger partial charge in [0.05, 0.1) is 5.69 Å². The fourth-order valence-electron chi connectivity index (χ4n) is 1.24. The van der Waals surface area contributed by atoms with Crippen molar-refractivity contribution in [1.29, 1.82) is 0 Å². The summed E-state index contributed by atoms with van der Waals surface area (Å²) in [5.41, 5.74) is 1.18. The van der Waals surface area contributed by atoms with E-state index in [1.165, 1.54) is 6.07 Å². The van der Waals surface area contributed by atoms with Crippen LogP contribution >= 0.6 is 11.6 Å². The van der Waals surface area contributed by atoms with E-state index in [2.05, 4.69) is 0 Å². The molecule has 0 aromatic heterocycles. The van der Waals surface area contributed by atoms with Crippen molar-refractivity contribution in [3.8, 4) is 0 Å². The number of hydrogen-bond acceptors (Lipinski definition) is 3. The minimum atomic E-state index is -0.0502. The van der Waals surface area contributed by atoms with Crippen molar-refractivity contribution >= 4 is 17.3 Å². The summed E-state index contributed by atoms with van der Waals surface area (Å²) < 4.78 is 0. The van der Waals surface area contributed by atoms with E-state index in [-0.39, 0.29) is 16.3 Å². The molecule has 0 spiro atoms. The summed E-state index contributed by atoms with van der Waals surface area (Å²) in [6.45, 7) is 6.14. The molecule has 1 rings (SSSR count). The Hall–Kier alpha value is -0.770. The standard InChI is InChI=1S/C10H14ClNO2/c1-10(2,3)8-5-4-7(12(13)14)6-9(8)11/h4-6,13-14H,1-3H3. The van der Waals surface area contributed by atoms with Crippen LogP contribution in [0.2, 0.25) is 5.02 Å². The van der Waals surface area contributed by atoms with Crippen LogP contribution in [0.3, 0.4) is 0 Å². The summed E-state index contributed by atoms with van der Waals surface area (Å²) in [6, 6.07) is 4.91. The molecule has 0 aliphatic rings. The molecule has 78 valence electrons. The van der Waals surface area contributed by atoms with Gasteiger partial charge < -0.3 is 0 Å². The third-order valence-corrected chi connectivity index (χ3v) is 2.30. The predicted octanol–water partition coefficient (Wildman–Crippen LogP) is 3.22. The fraction of sp³-hybridized carbons (Fsp3) is 0.400. The molecule has 0 saturated heterocycles. The Morgan fingerprint density at radius 1 is 1.21 bits per heavy atom. The second kappa shape index (κ2) is 3.77. The average molecular weight is 216 g/mol. The molecule has 3 nitrogen and oxygen atoms in total. The average Bonchev–Trinajstić information content (AvgIpc) is 2.01. The van der Waals surface area contributed by atoms with Gasteiger partial charge in [-0.15, -0.1) is 5.23 Å². The van der Waals surface area contributed by atoms with Crippen LogP contribution in [0, 0.1) is 0 Å². The van der Waals surface area contributed by atoms with Gasteiger partial charge in [-0.1, -0.05) is 38.4 Å². The molecule has 0 amide bonds. The highest BCUT2D eigenvalue weighted by atomic mass is 35.5. The highest BCUT2D eigenvalue weighted by Crippen LogP contribution is 2.31. The first kappa shape index (κ1) is 11.3. The lowest BCUT2D eigenvalue weighted by Gasteiger charge is -2.21. The van der Waals surface area contributed by atoms with E-state index >= 15 is 0 Å². The number of anilines is 1. The number of rotatable bonds is 1. The number of nitrogens with zero attached hydrogens (tertiary/aromatic N) is 1. The zero-order valence-electron chi connectivity index (χ0n) is 8.45. The summed E-state index contributed by atoms with van der Waals surface area (Å²) in [4.78, 5) is 0. The summed E-state index contributed by atoms with van der Waals surface area (Å²) in [7, 11) is 0. The molecular weight excluding hydrogens is 202 g/mol. The van der Waals surface area contributed by atoms with Crippen LogP contribution in [0.4, 0.5) is 5.69 Å². The molecule has 0 heterocycles. The SMILES string of the molecule is CC(C)(C)c1ccc(N(O)O)cc1Cl. The van der Waals surface area contributed by atoms with E-state index in [9.17, 15) is 0 Å². The van der Waals surface area contributed by atoms with Crippen LogP contribution in [0.5, 0.6) is 0 Å². The molecule has 0 unspecified atom stereocenters. The zero-order chi connectivity index (χ0) is 10.9. The molecule has 1 aromatic rings. The lowest BCUT2D eigenvalue weighted by molar-refractivity contribution is 0.0291. The number of benzene rings is 1.